The van der Waals surface area contributed by atoms with Crippen LogP contribution in [0.2, 0.25) is 0 Å². The van der Waals surface area contributed by atoms with E-state index >= 15 is 0 Å². The van der Waals surface area contributed by atoms with Gasteiger partial charge in [-0.1, -0.05) is 42.9 Å². The van der Waals surface area contributed by atoms with Crippen molar-refractivity contribution in [1.29, 1.82) is 0 Å². The average molecular weight is 203 g/mol. The van der Waals surface area contributed by atoms with E-state index in [0.717, 1.165) is 17.7 Å². The van der Waals surface area contributed by atoms with E-state index in [1.807, 2.05) is 26.0 Å². The Balaban J connectivity index is 2.70. The Labute approximate surface area is 91.3 Å². The number of benzene rings is 1. The summed E-state index contributed by atoms with van der Waals surface area (Å²) in [5.74, 6) is 0.582. The largest absolute Gasteiger partial charge is 0.357 e. The molecule has 0 N–H and O–H groups in total. The van der Waals surface area contributed by atoms with E-state index in [9.17, 15) is 0 Å². The van der Waals surface area contributed by atoms with Crippen molar-refractivity contribution in [3.63, 3.8) is 0 Å². The van der Waals surface area contributed by atoms with Gasteiger partial charge in [0.2, 0.25) is 0 Å². The maximum absolute atomic E-state index is 5.16. The van der Waals surface area contributed by atoms with Crippen LogP contribution in [0.5, 0.6) is 0 Å². The molecule has 0 spiro atoms. The minimum Gasteiger partial charge on any atom is -0.357 e. The molecule has 0 saturated heterocycles. The van der Waals surface area contributed by atoms with E-state index in [1.54, 1.807) is 0 Å². The molecule has 0 saturated carbocycles. The first kappa shape index (κ1) is 11.5. The summed E-state index contributed by atoms with van der Waals surface area (Å²) in [7, 11) is 0. The second-order valence-electron chi connectivity index (χ2n) is 3.60. The van der Waals surface area contributed by atoms with Gasteiger partial charge in [-0.25, -0.2) is 0 Å². The highest BCUT2D eigenvalue weighted by atomic mass is 16.6. The van der Waals surface area contributed by atoms with Gasteiger partial charge in [0.15, 0.2) is 5.76 Å². The monoisotopic (exact) mass is 203 g/mol. The van der Waals surface area contributed by atoms with Gasteiger partial charge >= 0.3 is 0 Å². The first-order valence-corrected chi connectivity index (χ1v) is 5.10. The Bertz CT molecular complexity index is 359. The molecule has 0 unspecified atom stereocenters. The van der Waals surface area contributed by atoms with E-state index in [4.69, 9.17) is 4.84 Å². The van der Waals surface area contributed by atoms with Crippen LogP contribution in [0.15, 0.2) is 36.0 Å². The zero-order valence-electron chi connectivity index (χ0n) is 9.58. The zero-order valence-corrected chi connectivity index (χ0v) is 9.58. The molecule has 1 aromatic carbocycles. The first-order chi connectivity index (χ1) is 7.13. The van der Waals surface area contributed by atoms with Gasteiger partial charge in [-0.3, -0.25) is 0 Å². The maximum atomic E-state index is 5.16. The lowest BCUT2D eigenvalue weighted by atomic mass is 10.1. The normalized spacial score (nSPS) is 9.53. The van der Waals surface area contributed by atoms with Gasteiger partial charge in [0.1, 0.15) is 0 Å². The number of hydrogen-bond acceptors (Lipinski definition) is 2. The molecule has 15 heavy (non-hydrogen) atoms. The van der Waals surface area contributed by atoms with Crippen molar-refractivity contribution < 1.29 is 4.84 Å². The van der Waals surface area contributed by atoms with Gasteiger partial charge < -0.3 is 4.84 Å². The van der Waals surface area contributed by atoms with Crippen LogP contribution < -0.4 is 0 Å². The lowest BCUT2D eigenvalue weighted by Crippen LogP contribution is -1.89. The van der Waals surface area contributed by atoms with Crippen LogP contribution in [0.4, 0.5) is 0 Å². The molecule has 0 amide bonds. The van der Waals surface area contributed by atoms with Crippen LogP contribution in [-0.2, 0) is 11.3 Å². The molecular formula is C13H17NO. The summed E-state index contributed by atoms with van der Waals surface area (Å²) >= 11 is 0. The Morgan fingerprint density at radius 2 is 1.87 bits per heavy atom. The third kappa shape index (κ3) is 3.58. The van der Waals surface area contributed by atoms with E-state index in [-0.39, 0.29) is 0 Å². The molecule has 0 aliphatic rings. The quantitative estimate of drug-likeness (QED) is 0.416. The minimum absolute atomic E-state index is 0.582. The van der Waals surface area contributed by atoms with Gasteiger partial charge in [-0.2, -0.15) is 0 Å². The molecule has 0 aliphatic heterocycles. The second kappa shape index (κ2) is 5.35. The summed E-state index contributed by atoms with van der Waals surface area (Å²) < 4.78 is 0. The van der Waals surface area contributed by atoms with Crippen molar-refractivity contribution in [2.75, 3.05) is 0 Å². The number of aryl methyl sites for hydroxylation is 1. The Morgan fingerprint density at radius 1 is 1.27 bits per heavy atom. The van der Waals surface area contributed by atoms with Crippen molar-refractivity contribution in [2.24, 2.45) is 5.16 Å². The van der Waals surface area contributed by atoms with Crippen LogP contribution in [0, 0.1) is 0 Å². The molecule has 1 aromatic rings. The third-order valence-corrected chi connectivity index (χ3v) is 2.02. The van der Waals surface area contributed by atoms with E-state index in [2.05, 4.69) is 30.8 Å². The van der Waals surface area contributed by atoms with Gasteiger partial charge in [0.05, 0.1) is 5.71 Å². The molecule has 2 heteroatoms. The van der Waals surface area contributed by atoms with Gasteiger partial charge in [-0.05, 0) is 25.8 Å². The summed E-state index contributed by atoms with van der Waals surface area (Å²) in [6.45, 7) is 9.72. The lowest BCUT2D eigenvalue weighted by Gasteiger charge is -2.04. The topological polar surface area (TPSA) is 21.6 Å². The number of hydrogen-bond donors (Lipinski definition) is 0. The van der Waals surface area contributed by atoms with Crippen molar-refractivity contribution >= 4 is 11.5 Å². The molecule has 0 bridgehead atoms. The number of oxime groups is 1. The summed E-state index contributed by atoms with van der Waals surface area (Å²) in [6.07, 6.45) is 1.04. The molecule has 0 aliphatic carbocycles. The molecule has 0 radical (unpaired) electrons. The number of nitrogens with zero attached hydrogens (tertiary/aromatic N) is 1. The van der Waals surface area contributed by atoms with E-state index < -0.39 is 0 Å². The van der Waals surface area contributed by atoms with Crippen LogP contribution >= 0.6 is 0 Å². The van der Waals surface area contributed by atoms with Crippen molar-refractivity contribution in [2.45, 2.75) is 27.2 Å². The highest BCUT2D eigenvalue weighted by Gasteiger charge is 1.99. The summed E-state index contributed by atoms with van der Waals surface area (Å²) in [4.78, 5) is 5.16. The van der Waals surface area contributed by atoms with Gasteiger partial charge in [0, 0.05) is 5.56 Å². The van der Waals surface area contributed by atoms with Crippen molar-refractivity contribution in [3.05, 3.63) is 42.0 Å². The maximum Gasteiger partial charge on any atom is 0.158 e. The van der Waals surface area contributed by atoms with Crippen LogP contribution in [0.1, 0.15) is 31.9 Å². The smallest absolute Gasteiger partial charge is 0.158 e. The van der Waals surface area contributed by atoms with E-state index in [0.29, 0.717) is 5.76 Å². The van der Waals surface area contributed by atoms with Crippen LogP contribution in [-0.4, -0.2) is 5.71 Å². The lowest BCUT2D eigenvalue weighted by molar-refractivity contribution is 0.298. The Morgan fingerprint density at radius 3 is 2.33 bits per heavy atom. The molecular weight excluding hydrogens is 186 g/mol. The average Bonchev–Trinajstić information content (AvgIpc) is 2.26. The molecule has 0 aromatic heterocycles. The summed E-state index contributed by atoms with van der Waals surface area (Å²) in [5, 5.41) is 3.86. The predicted molar refractivity (Wildman–Crippen MR) is 64.7 cm³/mol. The highest BCUT2D eigenvalue weighted by molar-refractivity contribution is 5.78. The molecule has 2 nitrogen and oxygen atoms in total. The fourth-order valence-corrected chi connectivity index (χ4v) is 1.13. The van der Waals surface area contributed by atoms with Crippen LogP contribution in [0.3, 0.4) is 0 Å². The molecule has 1 rings (SSSR count). The fourth-order valence-electron chi connectivity index (χ4n) is 1.13. The summed E-state index contributed by atoms with van der Waals surface area (Å²) in [6, 6.07) is 8.15. The number of rotatable bonds is 4. The summed E-state index contributed by atoms with van der Waals surface area (Å²) in [5.41, 5.74) is 3.15. The molecule has 0 atom stereocenters. The minimum atomic E-state index is 0.582. The highest BCUT2D eigenvalue weighted by Crippen LogP contribution is 2.15. The Kier molecular flexibility index (Phi) is 4.10. The SMILES string of the molecule is C=C(ON=C(C)C)c1ccc(CC)cc1. The molecule has 0 fully saturated rings. The van der Waals surface area contributed by atoms with Crippen LogP contribution in [0.25, 0.3) is 5.76 Å². The van der Waals surface area contributed by atoms with E-state index in [1.165, 1.54) is 5.56 Å². The standard InChI is InChI=1S/C13H17NO/c1-5-12-6-8-13(9-7-12)11(4)15-14-10(2)3/h6-9H,4-5H2,1-3H3. The van der Waals surface area contributed by atoms with Gasteiger partial charge in [-0.15, -0.1) is 0 Å². The van der Waals surface area contributed by atoms with Crippen molar-refractivity contribution in [1.82, 2.24) is 0 Å². The molecule has 0 heterocycles. The van der Waals surface area contributed by atoms with Crippen molar-refractivity contribution in [3.8, 4) is 0 Å². The Hall–Kier alpha value is -1.57. The second-order valence-corrected chi connectivity index (χ2v) is 3.60. The predicted octanol–water partition coefficient (Wildman–Crippen LogP) is 3.63. The fraction of sp³-hybridized carbons (Fsp3) is 0.308. The first-order valence-electron chi connectivity index (χ1n) is 5.10. The third-order valence-electron chi connectivity index (χ3n) is 2.02. The van der Waals surface area contributed by atoms with Gasteiger partial charge in [0.25, 0.3) is 0 Å². The molecule has 80 valence electrons. The zero-order chi connectivity index (χ0) is 11.3.